The quantitative estimate of drug-likeness (QED) is 0.613. The molecule has 94 valence electrons. The minimum atomic E-state index is -0.238. The second-order valence-electron chi connectivity index (χ2n) is 4.06. The van der Waals surface area contributed by atoms with Crippen LogP contribution in [0.5, 0.6) is 0 Å². The molecule has 0 saturated heterocycles. The van der Waals surface area contributed by atoms with Crippen molar-refractivity contribution in [2.45, 2.75) is 0 Å². The molecule has 0 amide bonds. The summed E-state index contributed by atoms with van der Waals surface area (Å²) < 4.78 is 14.2. The summed E-state index contributed by atoms with van der Waals surface area (Å²) in [5.41, 5.74) is 2.78. The standard InChI is InChI=1S/C15H9BrFNS/c16-12-6-4-10(5-7-12)14-9-19-15(18-14)11-2-1-3-13(17)8-11/h1-9H. The Bertz CT molecular complexity index is 706. The van der Waals surface area contributed by atoms with Gasteiger partial charge in [-0.05, 0) is 24.3 Å². The first-order valence-corrected chi connectivity index (χ1v) is 7.37. The van der Waals surface area contributed by atoms with Gasteiger partial charge in [-0.15, -0.1) is 11.3 Å². The Labute approximate surface area is 122 Å². The van der Waals surface area contributed by atoms with Gasteiger partial charge < -0.3 is 0 Å². The molecular formula is C15H9BrFNS. The van der Waals surface area contributed by atoms with E-state index in [4.69, 9.17) is 0 Å². The summed E-state index contributed by atoms with van der Waals surface area (Å²) in [5.74, 6) is -0.238. The lowest BCUT2D eigenvalue weighted by molar-refractivity contribution is 0.628. The van der Waals surface area contributed by atoms with E-state index in [0.29, 0.717) is 0 Å². The highest BCUT2D eigenvalue weighted by Crippen LogP contribution is 2.29. The minimum absolute atomic E-state index is 0.238. The molecule has 0 unspecified atom stereocenters. The zero-order valence-corrected chi connectivity index (χ0v) is 12.2. The van der Waals surface area contributed by atoms with Gasteiger partial charge in [0.25, 0.3) is 0 Å². The zero-order chi connectivity index (χ0) is 13.2. The third kappa shape index (κ3) is 2.74. The van der Waals surface area contributed by atoms with Crippen molar-refractivity contribution >= 4 is 27.3 Å². The molecule has 1 nitrogen and oxygen atoms in total. The van der Waals surface area contributed by atoms with Crippen molar-refractivity contribution in [3.63, 3.8) is 0 Å². The van der Waals surface area contributed by atoms with E-state index in [-0.39, 0.29) is 5.82 Å². The Kier molecular flexibility index (Phi) is 3.44. The fourth-order valence-corrected chi connectivity index (χ4v) is 2.87. The highest BCUT2D eigenvalue weighted by Gasteiger charge is 2.07. The first kappa shape index (κ1) is 12.5. The van der Waals surface area contributed by atoms with E-state index in [2.05, 4.69) is 20.9 Å². The van der Waals surface area contributed by atoms with Crippen LogP contribution in [0.1, 0.15) is 0 Å². The normalized spacial score (nSPS) is 10.6. The fourth-order valence-electron chi connectivity index (χ4n) is 1.78. The molecule has 0 saturated carbocycles. The van der Waals surface area contributed by atoms with Gasteiger partial charge in [-0.3, -0.25) is 0 Å². The van der Waals surface area contributed by atoms with Gasteiger partial charge >= 0.3 is 0 Å². The van der Waals surface area contributed by atoms with Gasteiger partial charge in [0.2, 0.25) is 0 Å². The molecule has 0 radical (unpaired) electrons. The smallest absolute Gasteiger partial charge is 0.124 e. The van der Waals surface area contributed by atoms with Gasteiger partial charge in [0.05, 0.1) is 5.69 Å². The third-order valence-electron chi connectivity index (χ3n) is 2.72. The summed E-state index contributed by atoms with van der Waals surface area (Å²) in [6.45, 7) is 0. The van der Waals surface area contributed by atoms with Crippen molar-refractivity contribution in [3.05, 3.63) is 64.2 Å². The predicted octanol–water partition coefficient (Wildman–Crippen LogP) is 5.38. The summed E-state index contributed by atoms with van der Waals surface area (Å²) in [5, 5.41) is 2.82. The summed E-state index contributed by atoms with van der Waals surface area (Å²) in [7, 11) is 0. The molecule has 2 aromatic carbocycles. The van der Waals surface area contributed by atoms with Crippen LogP contribution in [0, 0.1) is 5.82 Å². The maximum Gasteiger partial charge on any atom is 0.124 e. The van der Waals surface area contributed by atoms with Gasteiger partial charge in [0.15, 0.2) is 0 Å². The molecule has 4 heteroatoms. The van der Waals surface area contributed by atoms with Crippen LogP contribution < -0.4 is 0 Å². The Morgan fingerprint density at radius 3 is 2.53 bits per heavy atom. The van der Waals surface area contributed by atoms with Crippen LogP contribution >= 0.6 is 27.3 Å². The van der Waals surface area contributed by atoms with Crippen LogP contribution in [-0.4, -0.2) is 4.98 Å². The van der Waals surface area contributed by atoms with E-state index >= 15 is 0 Å². The molecule has 0 atom stereocenters. The van der Waals surface area contributed by atoms with Gasteiger partial charge in [-0.1, -0.05) is 40.2 Å². The van der Waals surface area contributed by atoms with Crippen molar-refractivity contribution < 1.29 is 4.39 Å². The Balaban J connectivity index is 1.97. The number of aromatic nitrogens is 1. The average molecular weight is 334 g/mol. The molecule has 3 aromatic rings. The largest absolute Gasteiger partial charge is 0.236 e. The van der Waals surface area contributed by atoms with Crippen molar-refractivity contribution in [2.75, 3.05) is 0 Å². The SMILES string of the molecule is Fc1cccc(-c2nc(-c3ccc(Br)cc3)cs2)c1. The van der Waals surface area contributed by atoms with Crippen molar-refractivity contribution in [1.82, 2.24) is 4.98 Å². The maximum absolute atomic E-state index is 13.2. The van der Waals surface area contributed by atoms with Gasteiger partial charge in [0, 0.05) is 21.0 Å². The average Bonchev–Trinajstić information content (AvgIpc) is 2.89. The lowest BCUT2D eigenvalue weighted by atomic mass is 10.2. The molecule has 3 rings (SSSR count). The maximum atomic E-state index is 13.2. The fraction of sp³-hybridized carbons (Fsp3) is 0. The van der Waals surface area contributed by atoms with Gasteiger partial charge in [-0.25, -0.2) is 9.37 Å². The molecule has 1 heterocycles. The Morgan fingerprint density at radius 1 is 1.00 bits per heavy atom. The van der Waals surface area contributed by atoms with Gasteiger partial charge in [-0.2, -0.15) is 0 Å². The predicted molar refractivity (Wildman–Crippen MR) is 80.6 cm³/mol. The summed E-state index contributed by atoms with van der Waals surface area (Å²) in [6.07, 6.45) is 0. The third-order valence-corrected chi connectivity index (χ3v) is 4.14. The molecule has 0 aliphatic rings. The van der Waals surface area contributed by atoms with E-state index in [9.17, 15) is 4.39 Å². The molecule has 0 spiro atoms. The second kappa shape index (κ2) is 5.23. The molecule has 0 bridgehead atoms. The monoisotopic (exact) mass is 333 g/mol. The van der Waals surface area contributed by atoms with E-state index < -0.39 is 0 Å². The Morgan fingerprint density at radius 2 is 1.79 bits per heavy atom. The molecule has 0 N–H and O–H groups in total. The van der Waals surface area contributed by atoms with Crippen LogP contribution in [0.3, 0.4) is 0 Å². The molecule has 1 aromatic heterocycles. The molecular weight excluding hydrogens is 325 g/mol. The lowest BCUT2D eigenvalue weighted by Crippen LogP contribution is -1.80. The van der Waals surface area contributed by atoms with Crippen molar-refractivity contribution in [1.29, 1.82) is 0 Å². The van der Waals surface area contributed by atoms with Gasteiger partial charge in [0.1, 0.15) is 10.8 Å². The van der Waals surface area contributed by atoms with Crippen molar-refractivity contribution in [2.24, 2.45) is 0 Å². The van der Waals surface area contributed by atoms with Crippen LogP contribution in [0.2, 0.25) is 0 Å². The first-order valence-electron chi connectivity index (χ1n) is 5.70. The zero-order valence-electron chi connectivity index (χ0n) is 9.81. The van der Waals surface area contributed by atoms with E-state index in [1.165, 1.54) is 23.5 Å². The van der Waals surface area contributed by atoms with E-state index in [0.717, 1.165) is 26.3 Å². The second-order valence-corrected chi connectivity index (χ2v) is 5.83. The number of rotatable bonds is 2. The van der Waals surface area contributed by atoms with Crippen LogP contribution in [-0.2, 0) is 0 Å². The summed E-state index contributed by atoms with van der Waals surface area (Å²) >= 11 is 4.93. The first-order chi connectivity index (χ1) is 9.22. The van der Waals surface area contributed by atoms with Crippen LogP contribution in [0.15, 0.2) is 58.4 Å². The number of hydrogen-bond donors (Lipinski definition) is 0. The number of thiazole rings is 1. The summed E-state index contributed by atoms with van der Waals surface area (Å²) in [4.78, 5) is 4.56. The Hall–Kier alpha value is -1.52. The van der Waals surface area contributed by atoms with Crippen LogP contribution in [0.25, 0.3) is 21.8 Å². The topological polar surface area (TPSA) is 12.9 Å². The number of halogens is 2. The molecule has 0 fully saturated rings. The number of nitrogens with zero attached hydrogens (tertiary/aromatic N) is 1. The van der Waals surface area contributed by atoms with Crippen molar-refractivity contribution in [3.8, 4) is 21.8 Å². The summed E-state index contributed by atoms with van der Waals surface area (Å²) in [6, 6.07) is 14.5. The van der Waals surface area contributed by atoms with E-state index in [1.54, 1.807) is 6.07 Å². The number of hydrogen-bond acceptors (Lipinski definition) is 2. The number of benzene rings is 2. The highest BCUT2D eigenvalue weighted by molar-refractivity contribution is 9.10. The van der Waals surface area contributed by atoms with E-state index in [1.807, 2.05) is 35.7 Å². The highest BCUT2D eigenvalue weighted by atomic mass is 79.9. The lowest BCUT2D eigenvalue weighted by Gasteiger charge is -1.97. The van der Waals surface area contributed by atoms with Crippen LogP contribution in [0.4, 0.5) is 4.39 Å². The molecule has 0 aliphatic heterocycles. The minimum Gasteiger partial charge on any atom is -0.236 e. The molecule has 0 aliphatic carbocycles. The molecule has 19 heavy (non-hydrogen) atoms.